The van der Waals surface area contributed by atoms with E-state index >= 15 is 0 Å². The number of nitrogens with one attached hydrogen (secondary N) is 1. The molecule has 1 N–H and O–H groups in total. The zero-order valence-electron chi connectivity index (χ0n) is 26.1. The third-order valence-corrected chi connectivity index (χ3v) is 8.51. The Labute approximate surface area is 269 Å². The lowest BCUT2D eigenvalue weighted by Crippen LogP contribution is -2.35. The fourth-order valence-corrected chi connectivity index (χ4v) is 6.50. The van der Waals surface area contributed by atoms with Crippen molar-refractivity contribution in [2.24, 2.45) is 5.92 Å². The standard InChI is InChI=1S/C39H35N3O4/c1-4-41(25-26(2)3)29-19-21-33-36(24-29)45-35-22-20-30(23-34(35)39(33)32-18-12-11-17-31(32)37(43)46-39)42(28-15-9-6-10-16-28)38(44)40-27-13-7-5-8-14-27/h5-24,26H,4,25H2,1-3H3,(H,40,44). The van der Waals surface area contributed by atoms with Crippen LogP contribution in [0.3, 0.4) is 0 Å². The summed E-state index contributed by atoms with van der Waals surface area (Å²) >= 11 is 0. The van der Waals surface area contributed by atoms with E-state index in [0.29, 0.717) is 45.6 Å². The smallest absolute Gasteiger partial charge is 0.340 e. The molecule has 7 heteroatoms. The number of hydrogen-bond donors (Lipinski definition) is 1. The number of benzene rings is 5. The maximum atomic E-state index is 13.9. The lowest BCUT2D eigenvalue weighted by Gasteiger charge is -2.38. The highest BCUT2D eigenvalue weighted by atomic mass is 16.6. The Balaban J connectivity index is 1.40. The maximum Gasteiger partial charge on any atom is 0.340 e. The summed E-state index contributed by atoms with van der Waals surface area (Å²) in [6, 6.07) is 37.7. The van der Waals surface area contributed by atoms with E-state index in [-0.39, 0.29) is 6.03 Å². The van der Waals surface area contributed by atoms with Crippen LogP contribution in [0.1, 0.15) is 47.8 Å². The molecule has 0 aliphatic carbocycles. The van der Waals surface area contributed by atoms with Gasteiger partial charge in [0.15, 0.2) is 5.60 Å². The van der Waals surface area contributed by atoms with E-state index in [2.05, 4.69) is 37.1 Å². The van der Waals surface area contributed by atoms with Crippen molar-refractivity contribution in [3.05, 3.63) is 144 Å². The molecule has 0 aromatic heterocycles. The predicted octanol–water partition coefficient (Wildman–Crippen LogP) is 9.11. The van der Waals surface area contributed by atoms with Crippen LogP contribution >= 0.6 is 0 Å². The van der Waals surface area contributed by atoms with Crippen molar-refractivity contribution in [1.29, 1.82) is 0 Å². The van der Waals surface area contributed by atoms with Crippen molar-refractivity contribution in [1.82, 2.24) is 0 Å². The molecule has 2 aliphatic rings. The SMILES string of the molecule is CCN(CC(C)C)c1ccc2c(c1)Oc1ccc(N(C(=O)Nc3ccccc3)c3ccccc3)cc1C21OC(=O)c2ccccc21. The minimum atomic E-state index is -1.27. The number of fused-ring (bicyclic) bond motifs is 6. The van der Waals surface area contributed by atoms with Gasteiger partial charge in [0.05, 0.1) is 16.9 Å². The monoisotopic (exact) mass is 609 g/mol. The van der Waals surface area contributed by atoms with E-state index in [1.807, 2.05) is 109 Å². The number of amides is 2. The Morgan fingerprint density at radius 1 is 0.739 bits per heavy atom. The maximum absolute atomic E-state index is 13.9. The lowest BCUT2D eigenvalue weighted by molar-refractivity contribution is 0.0224. The van der Waals surface area contributed by atoms with Gasteiger partial charge in [0, 0.05) is 47.2 Å². The first-order chi connectivity index (χ1) is 22.4. The van der Waals surface area contributed by atoms with Crippen LogP contribution in [-0.4, -0.2) is 25.1 Å². The molecule has 0 saturated carbocycles. The molecular formula is C39H35N3O4. The number of esters is 1. The molecule has 0 radical (unpaired) electrons. The fourth-order valence-electron chi connectivity index (χ4n) is 6.50. The van der Waals surface area contributed by atoms with Gasteiger partial charge in [0.25, 0.3) is 0 Å². The van der Waals surface area contributed by atoms with Crippen LogP contribution in [0.5, 0.6) is 11.5 Å². The van der Waals surface area contributed by atoms with Gasteiger partial charge in [0.2, 0.25) is 0 Å². The second-order valence-electron chi connectivity index (χ2n) is 12.0. The molecule has 1 unspecified atom stereocenters. The van der Waals surface area contributed by atoms with Crippen LogP contribution in [0, 0.1) is 5.92 Å². The number of para-hydroxylation sites is 2. The number of ether oxygens (including phenoxy) is 2. The zero-order chi connectivity index (χ0) is 31.8. The highest BCUT2D eigenvalue weighted by Crippen LogP contribution is 2.57. The van der Waals surface area contributed by atoms with Crippen LogP contribution < -0.4 is 19.9 Å². The van der Waals surface area contributed by atoms with Crippen molar-refractivity contribution >= 4 is 34.7 Å². The van der Waals surface area contributed by atoms with Gasteiger partial charge in [-0.25, -0.2) is 9.59 Å². The fraction of sp³-hybridized carbons (Fsp3) is 0.179. The van der Waals surface area contributed by atoms with E-state index in [0.717, 1.165) is 29.9 Å². The van der Waals surface area contributed by atoms with Crippen LogP contribution in [0.15, 0.2) is 121 Å². The van der Waals surface area contributed by atoms with E-state index in [1.165, 1.54) is 0 Å². The first-order valence-electron chi connectivity index (χ1n) is 15.6. The number of nitrogens with zero attached hydrogens (tertiary/aromatic N) is 2. The first kappa shape index (κ1) is 29.2. The van der Waals surface area contributed by atoms with Crippen molar-refractivity contribution in [2.45, 2.75) is 26.4 Å². The second-order valence-corrected chi connectivity index (χ2v) is 12.0. The number of carbonyl (C=O) groups is 2. The van der Waals surface area contributed by atoms with Gasteiger partial charge in [-0.15, -0.1) is 0 Å². The van der Waals surface area contributed by atoms with Crippen LogP contribution in [-0.2, 0) is 10.3 Å². The minimum Gasteiger partial charge on any atom is -0.456 e. The molecular weight excluding hydrogens is 574 g/mol. The molecule has 2 amide bonds. The summed E-state index contributed by atoms with van der Waals surface area (Å²) in [5.41, 5.74) is 4.35. The molecule has 0 bridgehead atoms. The van der Waals surface area contributed by atoms with E-state index < -0.39 is 11.6 Å². The third-order valence-electron chi connectivity index (χ3n) is 8.51. The topological polar surface area (TPSA) is 71.1 Å². The Morgan fingerprint density at radius 2 is 1.43 bits per heavy atom. The molecule has 5 aromatic carbocycles. The molecule has 7 rings (SSSR count). The van der Waals surface area contributed by atoms with Crippen molar-refractivity contribution in [3.8, 4) is 11.5 Å². The van der Waals surface area contributed by atoms with Gasteiger partial charge >= 0.3 is 12.0 Å². The Kier molecular flexibility index (Phi) is 7.45. The summed E-state index contributed by atoms with van der Waals surface area (Å²) < 4.78 is 13.1. The number of hydrogen-bond acceptors (Lipinski definition) is 5. The highest BCUT2D eigenvalue weighted by Gasteiger charge is 2.53. The summed E-state index contributed by atoms with van der Waals surface area (Å²) in [7, 11) is 0. The minimum absolute atomic E-state index is 0.332. The van der Waals surface area contributed by atoms with Gasteiger partial charge in [0.1, 0.15) is 11.5 Å². The Morgan fingerprint density at radius 3 is 2.17 bits per heavy atom. The molecule has 2 heterocycles. The summed E-state index contributed by atoms with van der Waals surface area (Å²) in [5, 5.41) is 3.02. The van der Waals surface area contributed by atoms with Crippen molar-refractivity contribution in [2.75, 3.05) is 28.2 Å². The third kappa shape index (κ3) is 4.94. The van der Waals surface area contributed by atoms with Gasteiger partial charge < -0.3 is 19.7 Å². The van der Waals surface area contributed by atoms with Crippen LogP contribution in [0.25, 0.3) is 0 Å². The molecule has 46 heavy (non-hydrogen) atoms. The molecule has 0 saturated heterocycles. The number of carbonyl (C=O) groups excluding carboxylic acids is 2. The number of urea groups is 1. The summed E-state index contributed by atoms with van der Waals surface area (Å²) in [5.74, 6) is 1.27. The average Bonchev–Trinajstić information content (AvgIpc) is 3.37. The number of anilines is 4. The Bertz CT molecular complexity index is 1930. The molecule has 1 atom stereocenters. The van der Waals surface area contributed by atoms with Crippen LogP contribution in [0.2, 0.25) is 0 Å². The van der Waals surface area contributed by atoms with Gasteiger partial charge in [-0.05, 0) is 73.5 Å². The first-order valence-corrected chi connectivity index (χ1v) is 15.6. The summed E-state index contributed by atoms with van der Waals surface area (Å²) in [6.07, 6.45) is 0. The molecule has 1 spiro atoms. The lowest BCUT2D eigenvalue weighted by atomic mass is 9.77. The molecule has 5 aromatic rings. The average molecular weight is 610 g/mol. The highest BCUT2D eigenvalue weighted by molar-refractivity contribution is 6.07. The van der Waals surface area contributed by atoms with Crippen molar-refractivity contribution < 1.29 is 19.1 Å². The zero-order valence-corrected chi connectivity index (χ0v) is 26.1. The van der Waals surface area contributed by atoms with Crippen LogP contribution in [0.4, 0.5) is 27.5 Å². The van der Waals surface area contributed by atoms with E-state index in [9.17, 15) is 9.59 Å². The molecule has 0 fully saturated rings. The van der Waals surface area contributed by atoms with Gasteiger partial charge in [-0.2, -0.15) is 0 Å². The van der Waals surface area contributed by atoms with E-state index in [4.69, 9.17) is 9.47 Å². The molecule has 2 aliphatic heterocycles. The number of rotatable bonds is 7. The normalized spacial score (nSPS) is 15.8. The summed E-state index contributed by atoms with van der Waals surface area (Å²) in [6.45, 7) is 8.30. The van der Waals surface area contributed by atoms with Gasteiger partial charge in [-0.3, -0.25) is 4.90 Å². The Hall–Kier alpha value is -5.56. The van der Waals surface area contributed by atoms with Gasteiger partial charge in [-0.1, -0.05) is 68.4 Å². The predicted molar refractivity (Wildman–Crippen MR) is 181 cm³/mol. The van der Waals surface area contributed by atoms with Crippen molar-refractivity contribution in [3.63, 3.8) is 0 Å². The quantitative estimate of drug-likeness (QED) is 0.186. The second kappa shape index (κ2) is 11.7. The largest absolute Gasteiger partial charge is 0.456 e. The van der Waals surface area contributed by atoms with E-state index in [1.54, 1.807) is 11.0 Å². The summed E-state index contributed by atoms with van der Waals surface area (Å²) in [4.78, 5) is 31.4. The molecule has 7 nitrogen and oxygen atoms in total. The molecule has 230 valence electrons.